The first kappa shape index (κ1) is 19.6. The van der Waals surface area contributed by atoms with Crippen LogP contribution in [0.3, 0.4) is 0 Å². The van der Waals surface area contributed by atoms with E-state index in [0.717, 1.165) is 16.8 Å². The summed E-state index contributed by atoms with van der Waals surface area (Å²) in [5.41, 5.74) is 4.80. The standard InChI is InChI=1S/C17H12ClF4N5O/c1-27-12(7-13(26-27)17(20,21)22)10-4-5-14(24-15(10)23)25-16(28)9-3-2-8(18)6-11(9)19/h2-7H,1H3,(H3,23,24,25,28). The number of benzene rings is 1. The van der Waals surface area contributed by atoms with Crippen molar-refractivity contribution in [2.24, 2.45) is 7.05 Å². The van der Waals surface area contributed by atoms with Gasteiger partial charge in [0.2, 0.25) is 0 Å². The predicted molar refractivity (Wildman–Crippen MR) is 95.2 cm³/mol. The third kappa shape index (κ3) is 3.91. The molecule has 0 radical (unpaired) electrons. The van der Waals surface area contributed by atoms with Gasteiger partial charge in [-0.05, 0) is 36.4 Å². The van der Waals surface area contributed by atoms with Crippen LogP contribution in [0.1, 0.15) is 16.1 Å². The number of anilines is 2. The van der Waals surface area contributed by atoms with Crippen molar-refractivity contribution in [3.8, 4) is 11.3 Å². The minimum Gasteiger partial charge on any atom is -0.383 e. The molecule has 0 aliphatic rings. The summed E-state index contributed by atoms with van der Waals surface area (Å²) >= 11 is 5.64. The smallest absolute Gasteiger partial charge is 0.383 e. The number of aryl methyl sites for hydroxylation is 1. The van der Waals surface area contributed by atoms with E-state index in [2.05, 4.69) is 15.4 Å². The van der Waals surface area contributed by atoms with Gasteiger partial charge in [-0.25, -0.2) is 9.37 Å². The Kier molecular flexibility index (Phi) is 4.99. The Labute approximate surface area is 160 Å². The number of nitrogen functional groups attached to an aromatic ring is 1. The highest BCUT2D eigenvalue weighted by atomic mass is 35.5. The molecule has 2 heterocycles. The topological polar surface area (TPSA) is 85.8 Å². The third-order valence-corrected chi connectivity index (χ3v) is 4.02. The summed E-state index contributed by atoms with van der Waals surface area (Å²) in [7, 11) is 1.34. The van der Waals surface area contributed by atoms with Crippen LogP contribution in [0, 0.1) is 5.82 Å². The molecule has 11 heteroatoms. The number of hydrogen-bond acceptors (Lipinski definition) is 4. The van der Waals surface area contributed by atoms with Gasteiger partial charge in [-0.15, -0.1) is 0 Å². The highest BCUT2D eigenvalue weighted by molar-refractivity contribution is 6.30. The number of carbonyl (C=O) groups is 1. The number of halogens is 5. The van der Waals surface area contributed by atoms with Crippen LogP contribution in [0.25, 0.3) is 11.3 Å². The van der Waals surface area contributed by atoms with E-state index in [1.54, 1.807) is 0 Å². The molecule has 2 aromatic heterocycles. The molecule has 0 bridgehead atoms. The van der Waals surface area contributed by atoms with Gasteiger partial charge in [0.1, 0.15) is 17.5 Å². The lowest BCUT2D eigenvalue weighted by Gasteiger charge is -2.09. The lowest BCUT2D eigenvalue weighted by molar-refractivity contribution is -0.141. The van der Waals surface area contributed by atoms with Gasteiger partial charge in [-0.3, -0.25) is 9.48 Å². The van der Waals surface area contributed by atoms with E-state index in [9.17, 15) is 22.4 Å². The summed E-state index contributed by atoms with van der Waals surface area (Å²) in [4.78, 5) is 16.1. The average Bonchev–Trinajstić information content (AvgIpc) is 2.97. The molecule has 28 heavy (non-hydrogen) atoms. The van der Waals surface area contributed by atoms with E-state index in [1.807, 2.05) is 0 Å². The number of nitrogens with one attached hydrogen (secondary N) is 1. The fraction of sp³-hybridized carbons (Fsp3) is 0.118. The maximum atomic E-state index is 13.8. The van der Waals surface area contributed by atoms with Crippen LogP contribution in [0.2, 0.25) is 5.02 Å². The summed E-state index contributed by atoms with van der Waals surface area (Å²) in [6.45, 7) is 0. The molecule has 0 saturated heterocycles. The minimum atomic E-state index is -4.60. The molecule has 6 nitrogen and oxygen atoms in total. The van der Waals surface area contributed by atoms with Gasteiger partial charge in [0.15, 0.2) is 5.69 Å². The molecular formula is C17H12ClF4N5O. The largest absolute Gasteiger partial charge is 0.435 e. The quantitative estimate of drug-likeness (QED) is 0.632. The van der Waals surface area contributed by atoms with E-state index in [0.29, 0.717) is 0 Å². The molecule has 0 aliphatic carbocycles. The molecule has 0 unspecified atom stereocenters. The second-order valence-corrected chi connectivity index (χ2v) is 6.18. The maximum Gasteiger partial charge on any atom is 0.435 e. The van der Waals surface area contributed by atoms with Crippen molar-refractivity contribution in [3.05, 3.63) is 58.5 Å². The molecule has 3 N–H and O–H groups in total. The van der Waals surface area contributed by atoms with Crippen molar-refractivity contribution in [1.82, 2.24) is 14.8 Å². The van der Waals surface area contributed by atoms with Gasteiger partial charge in [-0.1, -0.05) is 11.6 Å². The molecule has 0 saturated carbocycles. The predicted octanol–water partition coefficient (Wildman–Crippen LogP) is 4.13. The molecule has 0 aliphatic heterocycles. The summed E-state index contributed by atoms with van der Waals surface area (Å²) < 4.78 is 53.3. The van der Waals surface area contributed by atoms with Crippen molar-refractivity contribution in [2.75, 3.05) is 11.1 Å². The summed E-state index contributed by atoms with van der Waals surface area (Å²) in [6.07, 6.45) is -4.60. The fourth-order valence-corrected chi connectivity index (χ4v) is 2.64. The Bertz CT molecular complexity index is 1060. The molecule has 1 aromatic carbocycles. The first-order chi connectivity index (χ1) is 13.1. The van der Waals surface area contributed by atoms with Gasteiger partial charge in [-0.2, -0.15) is 18.3 Å². The number of alkyl halides is 3. The Hall–Kier alpha value is -3.14. The first-order valence-corrected chi connectivity index (χ1v) is 8.08. The van der Waals surface area contributed by atoms with Gasteiger partial charge in [0, 0.05) is 17.6 Å². The van der Waals surface area contributed by atoms with Crippen molar-refractivity contribution in [1.29, 1.82) is 0 Å². The van der Waals surface area contributed by atoms with Crippen molar-refractivity contribution < 1.29 is 22.4 Å². The Balaban J connectivity index is 1.87. The second kappa shape index (κ2) is 7.12. The highest BCUT2D eigenvalue weighted by Gasteiger charge is 2.35. The monoisotopic (exact) mass is 413 g/mol. The van der Waals surface area contributed by atoms with Crippen LogP contribution in [0.4, 0.5) is 29.2 Å². The molecule has 3 aromatic rings. The summed E-state index contributed by atoms with van der Waals surface area (Å²) in [6, 6.07) is 7.10. The fourth-order valence-electron chi connectivity index (χ4n) is 2.48. The van der Waals surface area contributed by atoms with E-state index >= 15 is 0 Å². The van der Waals surface area contributed by atoms with Gasteiger partial charge < -0.3 is 11.1 Å². The number of aromatic nitrogens is 3. The van der Waals surface area contributed by atoms with E-state index < -0.39 is 23.6 Å². The maximum absolute atomic E-state index is 13.8. The number of hydrogen-bond donors (Lipinski definition) is 2. The first-order valence-electron chi connectivity index (χ1n) is 7.71. The van der Waals surface area contributed by atoms with Gasteiger partial charge in [0.05, 0.1) is 11.3 Å². The Morgan fingerprint density at radius 1 is 1.21 bits per heavy atom. The number of pyridine rings is 1. The molecule has 0 spiro atoms. The van der Waals surface area contributed by atoms with Crippen molar-refractivity contribution >= 4 is 29.1 Å². The van der Waals surface area contributed by atoms with Crippen LogP contribution in [-0.4, -0.2) is 20.7 Å². The van der Waals surface area contributed by atoms with Crippen molar-refractivity contribution in [3.63, 3.8) is 0 Å². The zero-order valence-electron chi connectivity index (χ0n) is 14.2. The van der Waals surface area contributed by atoms with E-state index in [1.165, 1.54) is 31.3 Å². The van der Waals surface area contributed by atoms with Crippen LogP contribution < -0.4 is 11.1 Å². The summed E-state index contributed by atoms with van der Waals surface area (Å²) in [5, 5.41) is 5.91. The SMILES string of the molecule is Cn1nc(C(F)(F)F)cc1-c1ccc(NC(=O)c2ccc(Cl)cc2F)nc1N. The second-order valence-electron chi connectivity index (χ2n) is 5.74. The van der Waals surface area contributed by atoms with E-state index in [-0.39, 0.29) is 33.5 Å². The Morgan fingerprint density at radius 2 is 1.93 bits per heavy atom. The number of amides is 1. The zero-order valence-corrected chi connectivity index (χ0v) is 14.9. The minimum absolute atomic E-state index is 0.00110. The number of carbonyl (C=O) groups excluding carboxylic acids is 1. The number of nitrogens with two attached hydrogens (primary N) is 1. The molecular weight excluding hydrogens is 402 g/mol. The highest BCUT2D eigenvalue weighted by Crippen LogP contribution is 2.33. The van der Waals surface area contributed by atoms with Crippen LogP contribution >= 0.6 is 11.6 Å². The molecule has 0 fully saturated rings. The lowest BCUT2D eigenvalue weighted by Crippen LogP contribution is -2.15. The molecule has 0 atom stereocenters. The Morgan fingerprint density at radius 3 is 2.50 bits per heavy atom. The third-order valence-electron chi connectivity index (χ3n) is 3.79. The molecule has 3 rings (SSSR count). The number of nitrogens with zero attached hydrogens (tertiary/aromatic N) is 3. The van der Waals surface area contributed by atoms with Crippen LogP contribution in [0.15, 0.2) is 36.4 Å². The lowest BCUT2D eigenvalue weighted by atomic mass is 10.1. The average molecular weight is 414 g/mol. The van der Waals surface area contributed by atoms with Crippen molar-refractivity contribution in [2.45, 2.75) is 6.18 Å². The zero-order chi connectivity index (χ0) is 20.6. The van der Waals surface area contributed by atoms with Gasteiger partial charge >= 0.3 is 6.18 Å². The van der Waals surface area contributed by atoms with Crippen LogP contribution in [-0.2, 0) is 13.2 Å². The summed E-state index contributed by atoms with van der Waals surface area (Å²) in [5.74, 6) is -1.73. The molecule has 1 amide bonds. The normalized spacial score (nSPS) is 11.5. The van der Waals surface area contributed by atoms with E-state index in [4.69, 9.17) is 17.3 Å². The molecule has 146 valence electrons. The van der Waals surface area contributed by atoms with Gasteiger partial charge in [0.25, 0.3) is 5.91 Å². The number of rotatable bonds is 3. The van der Waals surface area contributed by atoms with Crippen LogP contribution in [0.5, 0.6) is 0 Å².